The highest BCUT2D eigenvalue weighted by Crippen LogP contribution is 2.48. The van der Waals surface area contributed by atoms with Gasteiger partial charge in [-0.05, 0) is 43.2 Å². The van der Waals surface area contributed by atoms with E-state index in [1.807, 2.05) is 60.7 Å². The van der Waals surface area contributed by atoms with Crippen LogP contribution in [0.4, 0.5) is 0 Å². The Labute approximate surface area is 316 Å². The lowest BCUT2D eigenvalue weighted by atomic mass is 10.3. The Bertz CT molecular complexity index is 2240. The van der Waals surface area contributed by atoms with Gasteiger partial charge < -0.3 is 4.57 Å². The number of benzene rings is 8. The van der Waals surface area contributed by atoms with Crippen molar-refractivity contribution in [1.82, 2.24) is 0 Å². The van der Waals surface area contributed by atoms with E-state index in [0.29, 0.717) is 0 Å². The molecule has 0 radical (unpaired) electrons. The van der Waals surface area contributed by atoms with Gasteiger partial charge in [0.05, 0.1) is 0 Å². The first-order valence-electron chi connectivity index (χ1n) is 17.9. The SMILES string of the molecule is O=P(c1ccccc1)(c1ccccc1)c1ccc([Si](c2ccccc2)(c2ccccc2)c2ccc(P(=P)(c3ccccc3)c3ccccc3)cc2)cc1. The number of hydrogen-bond donors (Lipinski definition) is 0. The van der Waals surface area contributed by atoms with Crippen LogP contribution in [0.15, 0.2) is 231 Å². The maximum Gasteiger partial charge on any atom is 0.179 e. The van der Waals surface area contributed by atoms with Crippen LogP contribution < -0.4 is 52.6 Å². The van der Waals surface area contributed by atoms with Crippen LogP contribution in [0.3, 0.4) is 0 Å². The van der Waals surface area contributed by atoms with E-state index >= 15 is 4.57 Å². The standard InChI is InChI=1S/C48H39OP3Si/c49-51(39-19-7-1-8-20-39,40-21-9-2-10-22-40)41-31-35-47(36-32-41)53(45-27-15-5-16-28-45,46-29-17-6-18-30-46)48-37-33-44(34-38-48)52(50,42-23-11-3-12-24-42)43-25-13-4-14-26-43/h1-38,50H. The topological polar surface area (TPSA) is 17.1 Å². The van der Waals surface area contributed by atoms with Gasteiger partial charge in [-0.25, -0.2) is 0 Å². The molecule has 0 atom stereocenters. The molecular formula is C48H39OP3Si. The molecule has 0 fully saturated rings. The maximum atomic E-state index is 15.4. The second kappa shape index (κ2) is 15.1. The molecule has 8 aromatic carbocycles. The number of hydrogen-bond acceptors (Lipinski definition) is 1. The Balaban J connectivity index is 1.34. The minimum atomic E-state index is -3.13. The van der Waals surface area contributed by atoms with Crippen LogP contribution in [-0.4, -0.2) is 8.07 Å². The molecule has 256 valence electrons. The summed E-state index contributed by atoms with van der Waals surface area (Å²) >= 11 is 0. The van der Waals surface area contributed by atoms with Crippen LogP contribution in [0.1, 0.15) is 0 Å². The second-order valence-corrected chi connectivity index (χ2v) is 24.7. The smallest absolute Gasteiger partial charge is 0.179 e. The second-order valence-electron chi connectivity index (χ2n) is 13.2. The van der Waals surface area contributed by atoms with Gasteiger partial charge in [0.15, 0.2) is 15.2 Å². The molecule has 0 amide bonds. The molecule has 8 rings (SSSR count). The normalized spacial score (nSPS) is 11.9. The van der Waals surface area contributed by atoms with Crippen LogP contribution in [0.25, 0.3) is 0 Å². The van der Waals surface area contributed by atoms with Gasteiger partial charge in [-0.1, -0.05) is 231 Å². The molecular weight excluding hydrogens is 714 g/mol. The number of rotatable bonds is 10. The molecule has 0 aliphatic carbocycles. The highest BCUT2D eigenvalue weighted by molar-refractivity contribution is 8.13. The van der Waals surface area contributed by atoms with Crippen LogP contribution in [0, 0.1) is 0 Å². The molecule has 1 nitrogen and oxygen atoms in total. The zero-order valence-electron chi connectivity index (χ0n) is 29.2. The highest BCUT2D eigenvalue weighted by Gasteiger charge is 2.42. The molecule has 0 saturated heterocycles. The molecule has 8 aromatic rings. The molecule has 0 unspecified atom stereocenters. The summed E-state index contributed by atoms with van der Waals surface area (Å²) in [6.45, 7) is -2.11. The zero-order chi connectivity index (χ0) is 36.1. The van der Waals surface area contributed by atoms with Gasteiger partial charge in [-0.3, -0.25) is 0 Å². The lowest BCUT2D eigenvalue weighted by Gasteiger charge is -2.35. The first kappa shape index (κ1) is 35.0. The van der Waals surface area contributed by atoms with Gasteiger partial charge in [0.1, 0.15) is 0 Å². The van der Waals surface area contributed by atoms with E-state index in [9.17, 15) is 0 Å². The summed E-state index contributed by atoms with van der Waals surface area (Å²) in [5.74, 6) is 0. The zero-order valence-corrected chi connectivity index (χ0v) is 33.0. The summed E-state index contributed by atoms with van der Waals surface area (Å²) < 4.78 is 15.4. The quantitative estimate of drug-likeness (QED) is 0.0832. The third-order valence-corrected chi connectivity index (χ3v) is 23.7. The fraction of sp³-hybridized carbons (Fsp3) is 0. The largest absolute Gasteiger partial charge is 0.309 e. The molecule has 5 heteroatoms. The highest BCUT2D eigenvalue weighted by atomic mass is 31.8. The molecule has 0 bridgehead atoms. The van der Waals surface area contributed by atoms with E-state index in [0.717, 1.165) is 15.9 Å². The molecule has 0 N–H and O–H groups in total. The monoisotopic (exact) mass is 752 g/mol. The summed E-state index contributed by atoms with van der Waals surface area (Å²) in [6, 6.07) is 81.6. The third kappa shape index (κ3) is 6.27. The molecule has 0 aliphatic heterocycles. The van der Waals surface area contributed by atoms with Crippen molar-refractivity contribution in [1.29, 1.82) is 0 Å². The van der Waals surface area contributed by atoms with Crippen LogP contribution in [0.2, 0.25) is 0 Å². The summed E-state index contributed by atoms with van der Waals surface area (Å²) in [5, 5.41) is 11.5. The van der Waals surface area contributed by atoms with Crippen molar-refractivity contribution in [3.63, 3.8) is 0 Å². The van der Waals surface area contributed by atoms with Crippen molar-refractivity contribution in [3.8, 4) is 0 Å². The first-order chi connectivity index (χ1) is 26.1. The van der Waals surface area contributed by atoms with E-state index in [-0.39, 0.29) is 0 Å². The Morgan fingerprint density at radius 1 is 0.283 bits per heavy atom. The predicted molar refractivity (Wildman–Crippen MR) is 236 cm³/mol. The molecule has 0 spiro atoms. The maximum absolute atomic E-state index is 15.4. The van der Waals surface area contributed by atoms with Gasteiger partial charge in [0, 0.05) is 15.9 Å². The van der Waals surface area contributed by atoms with Crippen molar-refractivity contribution in [2.24, 2.45) is 0 Å². The molecule has 0 aromatic heterocycles. The van der Waals surface area contributed by atoms with Crippen molar-refractivity contribution in [2.45, 2.75) is 0 Å². The van der Waals surface area contributed by atoms with E-state index in [2.05, 4.69) is 178 Å². The van der Waals surface area contributed by atoms with Gasteiger partial charge in [0.2, 0.25) is 0 Å². The molecule has 0 heterocycles. The molecule has 53 heavy (non-hydrogen) atoms. The fourth-order valence-corrected chi connectivity index (χ4v) is 19.1. The molecule has 0 aliphatic rings. The van der Waals surface area contributed by atoms with Gasteiger partial charge in [-0.15, -0.1) is 8.53 Å². The minimum Gasteiger partial charge on any atom is -0.309 e. The average Bonchev–Trinajstić information content (AvgIpc) is 3.26. The lowest BCUT2D eigenvalue weighted by Crippen LogP contribution is -2.74. The average molecular weight is 753 g/mol. The van der Waals surface area contributed by atoms with Crippen LogP contribution >= 0.6 is 22.2 Å². The Morgan fingerprint density at radius 2 is 0.509 bits per heavy atom. The Morgan fingerprint density at radius 3 is 0.849 bits per heavy atom. The van der Waals surface area contributed by atoms with Crippen molar-refractivity contribution >= 4 is 82.9 Å². The minimum absolute atomic E-state index is 0.831. The molecule has 0 saturated carbocycles. The summed E-state index contributed by atoms with van der Waals surface area (Å²) in [7, 11) is -1.56. The van der Waals surface area contributed by atoms with E-state index in [4.69, 9.17) is 0 Å². The van der Waals surface area contributed by atoms with Gasteiger partial charge in [0.25, 0.3) is 0 Å². The van der Waals surface area contributed by atoms with Crippen molar-refractivity contribution in [3.05, 3.63) is 231 Å². The van der Waals surface area contributed by atoms with Crippen LogP contribution in [0.5, 0.6) is 0 Å². The fourth-order valence-electron chi connectivity index (χ4n) is 7.71. The third-order valence-electron chi connectivity index (χ3n) is 10.3. The van der Waals surface area contributed by atoms with Crippen LogP contribution in [-0.2, 0) is 4.57 Å². The van der Waals surface area contributed by atoms with E-state index in [1.165, 1.54) is 36.7 Å². The predicted octanol–water partition coefficient (Wildman–Crippen LogP) is 7.06. The van der Waals surface area contributed by atoms with E-state index < -0.39 is 21.8 Å². The summed E-state index contributed by atoms with van der Waals surface area (Å²) in [6.07, 6.45) is 0. The summed E-state index contributed by atoms with van der Waals surface area (Å²) in [5.41, 5.74) is 0. The Hall–Kier alpha value is -5.06. The summed E-state index contributed by atoms with van der Waals surface area (Å²) in [4.78, 5) is 0. The lowest BCUT2D eigenvalue weighted by molar-refractivity contribution is 0.592. The Kier molecular flexibility index (Phi) is 9.98. The van der Waals surface area contributed by atoms with Crippen molar-refractivity contribution < 1.29 is 4.57 Å². The van der Waals surface area contributed by atoms with Gasteiger partial charge >= 0.3 is 0 Å². The first-order valence-corrected chi connectivity index (χ1v) is 24.7. The van der Waals surface area contributed by atoms with Gasteiger partial charge in [-0.2, -0.15) is 0 Å². The van der Waals surface area contributed by atoms with E-state index in [1.54, 1.807) is 0 Å². The van der Waals surface area contributed by atoms with Crippen molar-refractivity contribution in [2.75, 3.05) is 0 Å².